The number of phenolic OH excluding ortho intramolecular Hbond substituents is 1. The minimum absolute atomic E-state index is 0.252. The van der Waals surface area contributed by atoms with Gasteiger partial charge in [-0.15, -0.1) is 0 Å². The van der Waals surface area contributed by atoms with Crippen LogP contribution in [0.25, 0.3) is 54.9 Å². The fourth-order valence-electron chi connectivity index (χ4n) is 4.02. The molecule has 6 rings (SSSR count). The molecule has 0 aliphatic carbocycles. The molecule has 0 unspecified atom stereocenters. The smallest absolute Gasteiger partial charge is 0.115 e. The summed E-state index contributed by atoms with van der Waals surface area (Å²) in [7, 11) is 0. The van der Waals surface area contributed by atoms with E-state index in [9.17, 15) is 5.11 Å². The second-order valence-electron chi connectivity index (χ2n) is 6.97. The zero-order valence-electron chi connectivity index (χ0n) is 14.8. The number of hydrogen-bond acceptors (Lipinski definition) is 3. The highest BCUT2D eigenvalue weighted by molar-refractivity contribution is 6.26. The van der Waals surface area contributed by atoms with Crippen LogP contribution in [0.15, 0.2) is 79.0 Å². The zero-order valence-corrected chi connectivity index (χ0v) is 14.8. The summed E-state index contributed by atoms with van der Waals surface area (Å²) in [5, 5.41) is 12.9. The molecule has 132 valence electrons. The van der Waals surface area contributed by atoms with Gasteiger partial charge in [-0.3, -0.25) is 4.98 Å². The maximum atomic E-state index is 9.67. The molecule has 28 heavy (non-hydrogen) atoms. The van der Waals surface area contributed by atoms with E-state index in [4.69, 9.17) is 9.97 Å². The van der Waals surface area contributed by atoms with Gasteiger partial charge in [0.1, 0.15) is 5.75 Å². The predicted octanol–water partition coefficient (Wildman–Crippen LogP) is 5.79. The average Bonchev–Trinajstić information content (AvgIpc) is 3.19. The van der Waals surface area contributed by atoms with Crippen molar-refractivity contribution in [3.05, 3.63) is 79.0 Å². The van der Waals surface area contributed by atoms with Crippen LogP contribution in [0.4, 0.5) is 0 Å². The maximum absolute atomic E-state index is 9.67. The van der Waals surface area contributed by atoms with Crippen LogP contribution in [0.2, 0.25) is 0 Å². The van der Waals surface area contributed by atoms with Gasteiger partial charge in [-0.25, -0.2) is 4.98 Å². The predicted molar refractivity (Wildman–Crippen MR) is 114 cm³/mol. The Bertz CT molecular complexity index is 1510. The largest absolute Gasteiger partial charge is 0.508 e. The van der Waals surface area contributed by atoms with Crippen LogP contribution in [0.3, 0.4) is 0 Å². The topological polar surface area (TPSA) is 61.8 Å². The van der Waals surface area contributed by atoms with Crippen molar-refractivity contribution in [2.75, 3.05) is 0 Å². The van der Waals surface area contributed by atoms with Crippen molar-refractivity contribution in [3.63, 3.8) is 0 Å². The third-order valence-corrected chi connectivity index (χ3v) is 5.33. The number of fused-ring (bicyclic) bond motifs is 7. The lowest BCUT2D eigenvalue weighted by molar-refractivity contribution is 0.475. The molecule has 4 nitrogen and oxygen atoms in total. The average molecular weight is 361 g/mol. The number of aromatic hydroxyl groups is 1. The molecule has 0 fully saturated rings. The van der Waals surface area contributed by atoms with Crippen LogP contribution in [0.1, 0.15) is 0 Å². The number of rotatable bonds is 1. The van der Waals surface area contributed by atoms with Crippen molar-refractivity contribution in [2.45, 2.75) is 0 Å². The second kappa shape index (κ2) is 5.54. The van der Waals surface area contributed by atoms with Crippen molar-refractivity contribution >= 4 is 43.7 Å². The van der Waals surface area contributed by atoms with E-state index in [1.165, 1.54) is 0 Å². The van der Waals surface area contributed by atoms with Gasteiger partial charge in [0.15, 0.2) is 0 Å². The minimum atomic E-state index is 0.252. The molecule has 0 saturated heterocycles. The van der Waals surface area contributed by atoms with E-state index in [-0.39, 0.29) is 5.75 Å². The number of aromatic amines is 1. The molecule has 4 aromatic carbocycles. The molecule has 0 atom stereocenters. The van der Waals surface area contributed by atoms with Crippen molar-refractivity contribution in [3.8, 4) is 16.9 Å². The summed E-state index contributed by atoms with van der Waals surface area (Å²) in [4.78, 5) is 13.4. The van der Waals surface area contributed by atoms with E-state index < -0.39 is 0 Å². The number of H-pyrrole nitrogens is 1. The van der Waals surface area contributed by atoms with Crippen LogP contribution >= 0.6 is 0 Å². The lowest BCUT2D eigenvalue weighted by Gasteiger charge is -2.10. The number of benzene rings is 4. The van der Waals surface area contributed by atoms with Crippen molar-refractivity contribution in [1.82, 2.24) is 15.0 Å². The number of nitrogens with one attached hydrogen (secondary N) is 1. The van der Waals surface area contributed by atoms with Crippen LogP contribution in [0.5, 0.6) is 5.75 Å². The highest BCUT2D eigenvalue weighted by atomic mass is 16.3. The van der Waals surface area contributed by atoms with Gasteiger partial charge in [0.25, 0.3) is 0 Å². The number of phenols is 1. The van der Waals surface area contributed by atoms with Crippen LogP contribution < -0.4 is 0 Å². The molecule has 0 spiro atoms. The number of hydrogen-bond donors (Lipinski definition) is 2. The highest BCUT2D eigenvalue weighted by Gasteiger charge is 2.17. The fourth-order valence-corrected chi connectivity index (χ4v) is 4.02. The molecular weight excluding hydrogens is 346 g/mol. The standard InChI is InChI=1S/C24H15N3O/c28-15-11-9-14(10-12-15)18-13-25-22-16-5-1-2-6-17(16)23-24(21(18)22)27-20-8-4-3-7-19(20)26-23/h1-13,27-28H. The van der Waals surface area contributed by atoms with Crippen molar-refractivity contribution in [1.29, 1.82) is 0 Å². The summed E-state index contributed by atoms with van der Waals surface area (Å²) in [6.45, 7) is 0. The Morgan fingerprint density at radius 1 is 0.750 bits per heavy atom. The summed E-state index contributed by atoms with van der Waals surface area (Å²) < 4.78 is 0. The molecule has 6 aromatic rings. The molecule has 0 amide bonds. The number of nitrogens with zero attached hydrogens (tertiary/aromatic N) is 2. The minimum Gasteiger partial charge on any atom is -0.508 e. The van der Waals surface area contributed by atoms with Gasteiger partial charge in [-0.1, -0.05) is 48.5 Å². The second-order valence-corrected chi connectivity index (χ2v) is 6.97. The van der Waals surface area contributed by atoms with Gasteiger partial charge in [-0.05, 0) is 29.8 Å². The van der Waals surface area contributed by atoms with Crippen LogP contribution in [-0.2, 0) is 0 Å². The molecule has 0 aliphatic rings. The van der Waals surface area contributed by atoms with Gasteiger partial charge in [0.05, 0.1) is 27.6 Å². The van der Waals surface area contributed by atoms with Gasteiger partial charge in [0, 0.05) is 27.9 Å². The van der Waals surface area contributed by atoms with E-state index in [0.717, 1.165) is 54.9 Å². The Balaban J connectivity index is 1.86. The molecule has 2 aromatic heterocycles. The van der Waals surface area contributed by atoms with Crippen LogP contribution in [-0.4, -0.2) is 20.1 Å². The van der Waals surface area contributed by atoms with Gasteiger partial charge in [0.2, 0.25) is 0 Å². The van der Waals surface area contributed by atoms with Crippen molar-refractivity contribution < 1.29 is 5.11 Å². The van der Waals surface area contributed by atoms with E-state index in [1.54, 1.807) is 12.1 Å². The zero-order chi connectivity index (χ0) is 18.7. The van der Waals surface area contributed by atoms with E-state index in [1.807, 2.05) is 54.7 Å². The molecule has 0 radical (unpaired) electrons. The molecule has 0 bridgehead atoms. The SMILES string of the molecule is Oc1ccc(-c2cnc3c4ccccc4c4nc5ccccc5[nH]c4c23)cc1. The third-order valence-electron chi connectivity index (χ3n) is 5.33. The molecule has 2 heterocycles. The molecular formula is C24H15N3O. The molecule has 0 saturated carbocycles. The Morgan fingerprint density at radius 2 is 1.46 bits per heavy atom. The number of aromatic nitrogens is 3. The first-order valence-corrected chi connectivity index (χ1v) is 9.17. The first kappa shape index (κ1) is 15.2. The summed E-state index contributed by atoms with van der Waals surface area (Å²) >= 11 is 0. The quantitative estimate of drug-likeness (QED) is 0.288. The van der Waals surface area contributed by atoms with Gasteiger partial charge in [-0.2, -0.15) is 0 Å². The summed E-state index contributed by atoms with van der Waals surface area (Å²) in [5.74, 6) is 0.252. The van der Waals surface area contributed by atoms with Gasteiger partial charge < -0.3 is 10.1 Å². The fraction of sp³-hybridized carbons (Fsp3) is 0. The monoisotopic (exact) mass is 361 g/mol. The maximum Gasteiger partial charge on any atom is 0.115 e. The van der Waals surface area contributed by atoms with E-state index >= 15 is 0 Å². The first-order chi connectivity index (χ1) is 13.8. The summed E-state index contributed by atoms with van der Waals surface area (Å²) in [6, 6.07) is 23.6. The third kappa shape index (κ3) is 2.06. The Morgan fingerprint density at radius 3 is 2.29 bits per heavy atom. The molecule has 0 aliphatic heterocycles. The van der Waals surface area contributed by atoms with Crippen LogP contribution in [0, 0.1) is 0 Å². The normalized spacial score (nSPS) is 11.7. The lowest BCUT2D eigenvalue weighted by Crippen LogP contribution is -1.91. The van der Waals surface area contributed by atoms with Crippen molar-refractivity contribution in [2.24, 2.45) is 0 Å². The molecule has 4 heteroatoms. The Labute approximate surface area is 160 Å². The summed E-state index contributed by atoms with van der Waals surface area (Å²) in [5.41, 5.74) is 6.84. The number of para-hydroxylation sites is 2. The Hall–Kier alpha value is -3.92. The summed E-state index contributed by atoms with van der Waals surface area (Å²) in [6.07, 6.45) is 1.91. The van der Waals surface area contributed by atoms with E-state index in [0.29, 0.717) is 0 Å². The lowest BCUT2D eigenvalue weighted by atomic mass is 9.99. The molecule has 2 N–H and O–H groups in total. The first-order valence-electron chi connectivity index (χ1n) is 9.17. The van der Waals surface area contributed by atoms with Gasteiger partial charge >= 0.3 is 0 Å². The van der Waals surface area contributed by atoms with E-state index in [2.05, 4.69) is 17.1 Å². The Kier molecular flexibility index (Phi) is 3.00. The highest BCUT2D eigenvalue weighted by Crippen LogP contribution is 2.39.